The SMILES string of the molecule is CCNC(=O)C1(Cc2ccccc2F)CN(C(=O)Cc2ccc3c(c2)OCO3)C1. The minimum atomic E-state index is -0.803. The predicted octanol–water partition coefficient (Wildman–Crippen LogP) is 2.30. The monoisotopic (exact) mass is 398 g/mol. The quantitative estimate of drug-likeness (QED) is 0.811. The van der Waals surface area contributed by atoms with E-state index in [1.165, 1.54) is 6.07 Å². The molecule has 2 aromatic rings. The number of carbonyl (C=O) groups excluding carboxylic acids is 2. The molecule has 4 rings (SSSR count). The number of halogens is 1. The number of rotatable bonds is 6. The van der Waals surface area contributed by atoms with Crippen LogP contribution in [0.5, 0.6) is 11.5 Å². The van der Waals surface area contributed by atoms with Crippen LogP contribution in [0.4, 0.5) is 4.39 Å². The van der Waals surface area contributed by atoms with Crippen molar-refractivity contribution < 1.29 is 23.5 Å². The summed E-state index contributed by atoms with van der Waals surface area (Å²) in [5, 5.41) is 2.84. The van der Waals surface area contributed by atoms with Crippen LogP contribution in [0.3, 0.4) is 0 Å². The summed E-state index contributed by atoms with van der Waals surface area (Å²) in [4.78, 5) is 27.1. The van der Waals surface area contributed by atoms with Crippen LogP contribution in [0.2, 0.25) is 0 Å². The highest BCUT2D eigenvalue weighted by Crippen LogP contribution is 2.37. The van der Waals surface area contributed by atoms with E-state index >= 15 is 0 Å². The number of nitrogens with zero attached hydrogens (tertiary/aromatic N) is 1. The highest BCUT2D eigenvalue weighted by molar-refractivity contribution is 5.88. The van der Waals surface area contributed by atoms with Crippen molar-refractivity contribution in [3.8, 4) is 11.5 Å². The number of fused-ring (bicyclic) bond motifs is 1. The van der Waals surface area contributed by atoms with Crippen LogP contribution >= 0.6 is 0 Å². The van der Waals surface area contributed by atoms with Gasteiger partial charge in [0.25, 0.3) is 0 Å². The molecule has 0 aliphatic carbocycles. The molecule has 0 bridgehead atoms. The van der Waals surface area contributed by atoms with Crippen LogP contribution in [0.15, 0.2) is 42.5 Å². The summed E-state index contributed by atoms with van der Waals surface area (Å²) in [6.45, 7) is 3.07. The molecule has 0 saturated carbocycles. The summed E-state index contributed by atoms with van der Waals surface area (Å²) in [5.41, 5.74) is 0.508. The second-order valence-corrected chi connectivity index (χ2v) is 7.52. The van der Waals surface area contributed by atoms with E-state index in [0.717, 1.165) is 5.56 Å². The van der Waals surface area contributed by atoms with Crippen LogP contribution in [0, 0.1) is 11.2 Å². The van der Waals surface area contributed by atoms with Crippen molar-refractivity contribution in [3.63, 3.8) is 0 Å². The zero-order valence-corrected chi connectivity index (χ0v) is 16.2. The Labute approximate surface area is 168 Å². The Hall–Kier alpha value is -3.09. The number of ether oxygens (including phenoxy) is 2. The van der Waals surface area contributed by atoms with Crippen LogP contribution < -0.4 is 14.8 Å². The highest BCUT2D eigenvalue weighted by atomic mass is 19.1. The predicted molar refractivity (Wildman–Crippen MR) is 104 cm³/mol. The van der Waals surface area contributed by atoms with Crippen molar-refractivity contribution >= 4 is 11.8 Å². The molecule has 152 valence electrons. The number of benzene rings is 2. The van der Waals surface area contributed by atoms with Gasteiger partial charge in [-0.05, 0) is 42.7 Å². The summed E-state index contributed by atoms with van der Waals surface area (Å²) in [5.74, 6) is 0.759. The zero-order chi connectivity index (χ0) is 20.4. The van der Waals surface area contributed by atoms with Crippen LogP contribution in [0.25, 0.3) is 0 Å². The summed E-state index contributed by atoms with van der Waals surface area (Å²) in [6, 6.07) is 11.9. The Morgan fingerprint density at radius 2 is 1.90 bits per heavy atom. The lowest BCUT2D eigenvalue weighted by Crippen LogP contribution is -2.65. The Morgan fingerprint density at radius 1 is 1.14 bits per heavy atom. The number of likely N-dealkylation sites (tertiary alicyclic amines) is 1. The molecule has 0 atom stereocenters. The summed E-state index contributed by atoms with van der Waals surface area (Å²) in [6.07, 6.45) is 0.473. The maximum absolute atomic E-state index is 14.1. The third-order valence-corrected chi connectivity index (χ3v) is 5.44. The second-order valence-electron chi connectivity index (χ2n) is 7.52. The lowest BCUT2D eigenvalue weighted by Gasteiger charge is -2.49. The minimum absolute atomic E-state index is 0.0719. The molecule has 0 radical (unpaired) electrons. The van der Waals surface area contributed by atoms with Crippen molar-refractivity contribution in [2.45, 2.75) is 19.8 Å². The fourth-order valence-electron chi connectivity index (χ4n) is 3.89. The molecule has 6 nitrogen and oxygen atoms in total. The first kappa shape index (κ1) is 19.2. The Kier molecular flexibility index (Phi) is 5.13. The average Bonchev–Trinajstić information content (AvgIpc) is 3.13. The third-order valence-electron chi connectivity index (χ3n) is 5.44. The highest BCUT2D eigenvalue weighted by Gasteiger charge is 2.50. The van der Waals surface area contributed by atoms with Crippen LogP contribution in [-0.2, 0) is 22.4 Å². The largest absolute Gasteiger partial charge is 0.454 e. The Morgan fingerprint density at radius 3 is 2.66 bits per heavy atom. The van der Waals surface area contributed by atoms with Crippen molar-refractivity contribution in [2.75, 3.05) is 26.4 Å². The van der Waals surface area contributed by atoms with E-state index in [1.54, 1.807) is 35.2 Å². The van der Waals surface area contributed by atoms with Crippen molar-refractivity contribution in [1.29, 1.82) is 0 Å². The average molecular weight is 398 g/mol. The Bertz CT molecular complexity index is 940. The molecule has 2 aliphatic rings. The van der Waals surface area contributed by atoms with Crippen molar-refractivity contribution in [3.05, 3.63) is 59.4 Å². The lowest BCUT2D eigenvalue weighted by molar-refractivity contribution is -0.153. The molecule has 2 heterocycles. The van der Waals surface area contributed by atoms with Gasteiger partial charge < -0.3 is 19.7 Å². The second kappa shape index (κ2) is 7.73. The summed E-state index contributed by atoms with van der Waals surface area (Å²) >= 11 is 0. The molecule has 0 unspecified atom stereocenters. The standard InChI is InChI=1S/C22H23FN2O4/c1-2-24-21(27)22(11-16-5-3-4-6-17(16)23)12-25(13-22)20(26)10-15-7-8-18-19(9-15)29-14-28-18/h3-9H,2,10-14H2,1H3,(H,24,27). The van der Waals surface area contributed by atoms with Gasteiger partial charge in [-0.15, -0.1) is 0 Å². The number of hydrogen-bond donors (Lipinski definition) is 1. The van der Waals surface area contributed by atoms with E-state index < -0.39 is 5.41 Å². The molecule has 2 aliphatic heterocycles. The maximum atomic E-state index is 14.1. The number of carbonyl (C=O) groups is 2. The smallest absolute Gasteiger partial charge is 0.231 e. The van der Waals surface area contributed by atoms with E-state index in [-0.39, 0.29) is 50.4 Å². The normalized spacial score (nSPS) is 16.3. The minimum Gasteiger partial charge on any atom is -0.454 e. The molecule has 2 amide bonds. The third kappa shape index (κ3) is 3.77. The number of hydrogen-bond acceptors (Lipinski definition) is 4. The van der Waals surface area contributed by atoms with E-state index in [4.69, 9.17) is 9.47 Å². The van der Waals surface area contributed by atoms with Crippen molar-refractivity contribution in [1.82, 2.24) is 10.2 Å². The summed E-state index contributed by atoms with van der Waals surface area (Å²) in [7, 11) is 0. The molecule has 1 saturated heterocycles. The molecule has 0 aromatic heterocycles. The van der Waals surface area contributed by atoms with E-state index in [2.05, 4.69) is 5.32 Å². The first-order valence-electron chi connectivity index (χ1n) is 9.69. The molecule has 1 fully saturated rings. The van der Waals surface area contributed by atoms with E-state index in [1.807, 2.05) is 13.0 Å². The van der Waals surface area contributed by atoms with Gasteiger partial charge in [0, 0.05) is 19.6 Å². The maximum Gasteiger partial charge on any atom is 0.231 e. The Balaban J connectivity index is 1.45. The molecule has 0 spiro atoms. The lowest BCUT2D eigenvalue weighted by atomic mass is 9.73. The zero-order valence-electron chi connectivity index (χ0n) is 16.2. The number of nitrogens with one attached hydrogen (secondary N) is 1. The topological polar surface area (TPSA) is 67.9 Å². The fraction of sp³-hybridized carbons (Fsp3) is 0.364. The van der Waals surface area contributed by atoms with Crippen LogP contribution in [0.1, 0.15) is 18.1 Å². The molecule has 1 N–H and O–H groups in total. The van der Waals surface area contributed by atoms with Crippen molar-refractivity contribution in [2.24, 2.45) is 5.41 Å². The van der Waals surface area contributed by atoms with Gasteiger partial charge in [0.1, 0.15) is 5.82 Å². The first-order chi connectivity index (χ1) is 14.0. The molecular weight excluding hydrogens is 375 g/mol. The van der Waals surface area contributed by atoms with Gasteiger partial charge in [-0.2, -0.15) is 0 Å². The number of amides is 2. The molecular formula is C22H23FN2O4. The van der Waals surface area contributed by atoms with Gasteiger partial charge in [0.2, 0.25) is 18.6 Å². The fourth-order valence-corrected chi connectivity index (χ4v) is 3.89. The van der Waals surface area contributed by atoms with Gasteiger partial charge in [-0.25, -0.2) is 4.39 Å². The van der Waals surface area contributed by atoms with Gasteiger partial charge >= 0.3 is 0 Å². The van der Waals surface area contributed by atoms with Crippen LogP contribution in [-0.4, -0.2) is 43.1 Å². The molecule has 7 heteroatoms. The molecule has 2 aromatic carbocycles. The van der Waals surface area contributed by atoms with E-state index in [9.17, 15) is 14.0 Å². The van der Waals surface area contributed by atoms with Gasteiger partial charge in [0.05, 0.1) is 11.8 Å². The first-order valence-corrected chi connectivity index (χ1v) is 9.69. The van der Waals surface area contributed by atoms with Gasteiger partial charge in [0.15, 0.2) is 11.5 Å². The summed E-state index contributed by atoms with van der Waals surface area (Å²) < 4.78 is 24.8. The molecule has 29 heavy (non-hydrogen) atoms. The van der Waals surface area contributed by atoms with Gasteiger partial charge in [-0.1, -0.05) is 24.3 Å². The van der Waals surface area contributed by atoms with Gasteiger partial charge in [-0.3, -0.25) is 9.59 Å². The van der Waals surface area contributed by atoms with E-state index in [0.29, 0.717) is 23.6 Å².